The van der Waals surface area contributed by atoms with Gasteiger partial charge in [0.1, 0.15) is 5.54 Å². The van der Waals surface area contributed by atoms with Crippen molar-refractivity contribution in [1.29, 1.82) is 0 Å². The molecule has 1 fully saturated rings. The highest BCUT2D eigenvalue weighted by Crippen LogP contribution is 2.38. The maximum atomic E-state index is 14.0. The largest absolute Gasteiger partial charge is 0.368 e. The molecule has 1 saturated heterocycles. The van der Waals surface area contributed by atoms with Gasteiger partial charge in [-0.15, -0.1) is 0 Å². The lowest BCUT2D eigenvalue weighted by Crippen LogP contribution is -2.51. The summed E-state index contributed by atoms with van der Waals surface area (Å²) in [7, 11) is 0. The van der Waals surface area contributed by atoms with E-state index >= 15 is 0 Å². The number of carbonyl (C=O) groups is 1. The highest BCUT2D eigenvalue weighted by atomic mass is 19.2. The first kappa shape index (κ1) is 15.5. The Bertz CT molecular complexity index is 725. The van der Waals surface area contributed by atoms with E-state index in [2.05, 4.69) is 9.97 Å². The van der Waals surface area contributed by atoms with E-state index < -0.39 is 23.1 Å². The molecule has 23 heavy (non-hydrogen) atoms. The second kappa shape index (κ2) is 6.00. The Morgan fingerprint density at radius 3 is 2.87 bits per heavy atom. The number of amides is 1. The van der Waals surface area contributed by atoms with Crippen LogP contribution in [0.5, 0.6) is 0 Å². The fraction of sp³-hybridized carbons (Fsp3) is 0.312. The first-order valence-electron chi connectivity index (χ1n) is 7.30. The van der Waals surface area contributed by atoms with E-state index in [-0.39, 0.29) is 12.1 Å². The lowest BCUT2D eigenvalue weighted by molar-refractivity contribution is -0.129. The minimum absolute atomic E-state index is 0.0725. The molecule has 1 amide bonds. The summed E-state index contributed by atoms with van der Waals surface area (Å²) in [6.45, 7) is 0.610. The first-order chi connectivity index (χ1) is 11.1. The molecular weight excluding hydrogens is 302 g/mol. The van der Waals surface area contributed by atoms with Gasteiger partial charge in [-0.2, -0.15) is 0 Å². The molecule has 2 aromatic rings. The van der Waals surface area contributed by atoms with Crippen LogP contribution in [0.3, 0.4) is 0 Å². The van der Waals surface area contributed by atoms with Crippen molar-refractivity contribution in [3.8, 4) is 0 Å². The SMILES string of the molecule is NC(=O)C1(c2cnccn2)CCCN1Cc1cccc(F)c1F. The Morgan fingerprint density at radius 1 is 1.35 bits per heavy atom. The molecular formula is C16H16F2N4O. The van der Waals surface area contributed by atoms with Crippen LogP contribution in [0, 0.1) is 11.6 Å². The van der Waals surface area contributed by atoms with Gasteiger partial charge in [0, 0.05) is 24.5 Å². The number of primary amides is 1. The van der Waals surface area contributed by atoms with Gasteiger partial charge in [0.15, 0.2) is 11.6 Å². The third-order valence-electron chi connectivity index (χ3n) is 4.29. The van der Waals surface area contributed by atoms with Gasteiger partial charge >= 0.3 is 0 Å². The van der Waals surface area contributed by atoms with Crippen molar-refractivity contribution in [2.45, 2.75) is 24.9 Å². The Labute approximate surface area is 132 Å². The molecule has 1 aliphatic heterocycles. The van der Waals surface area contributed by atoms with Gasteiger partial charge in [0.05, 0.1) is 11.9 Å². The molecule has 120 valence electrons. The van der Waals surface area contributed by atoms with Crippen LogP contribution in [-0.2, 0) is 16.9 Å². The van der Waals surface area contributed by atoms with Gasteiger partial charge in [0.25, 0.3) is 0 Å². The quantitative estimate of drug-likeness (QED) is 0.932. The average Bonchev–Trinajstić information content (AvgIpc) is 2.97. The zero-order chi connectivity index (χ0) is 16.4. The number of aromatic nitrogens is 2. The normalized spacial score (nSPS) is 21.5. The molecule has 2 heterocycles. The Morgan fingerprint density at radius 2 is 2.17 bits per heavy atom. The maximum Gasteiger partial charge on any atom is 0.244 e. The molecule has 0 saturated carbocycles. The van der Waals surface area contributed by atoms with Crippen molar-refractivity contribution in [3.05, 3.63) is 59.7 Å². The fourth-order valence-electron chi connectivity index (χ4n) is 3.17. The topological polar surface area (TPSA) is 72.1 Å². The smallest absolute Gasteiger partial charge is 0.244 e. The molecule has 1 aliphatic rings. The van der Waals surface area contributed by atoms with Gasteiger partial charge in [0.2, 0.25) is 5.91 Å². The molecule has 1 aromatic carbocycles. The third kappa shape index (κ3) is 2.57. The molecule has 0 radical (unpaired) electrons. The number of benzene rings is 1. The van der Waals surface area contributed by atoms with Crippen molar-refractivity contribution < 1.29 is 13.6 Å². The van der Waals surface area contributed by atoms with E-state index in [1.807, 2.05) is 0 Å². The minimum atomic E-state index is -1.15. The van der Waals surface area contributed by atoms with E-state index in [4.69, 9.17) is 5.73 Å². The van der Waals surface area contributed by atoms with E-state index in [1.165, 1.54) is 30.7 Å². The highest BCUT2D eigenvalue weighted by molar-refractivity contribution is 5.86. The maximum absolute atomic E-state index is 14.0. The molecule has 1 aromatic heterocycles. The van der Waals surface area contributed by atoms with Crippen LogP contribution < -0.4 is 5.73 Å². The highest BCUT2D eigenvalue weighted by Gasteiger charge is 2.49. The summed E-state index contributed by atoms with van der Waals surface area (Å²) in [5.74, 6) is -2.38. The Balaban J connectivity index is 2.00. The lowest BCUT2D eigenvalue weighted by atomic mass is 9.91. The molecule has 1 atom stereocenters. The second-order valence-corrected chi connectivity index (χ2v) is 5.55. The van der Waals surface area contributed by atoms with Crippen molar-refractivity contribution in [2.75, 3.05) is 6.54 Å². The van der Waals surface area contributed by atoms with E-state index in [0.29, 0.717) is 25.1 Å². The van der Waals surface area contributed by atoms with Crippen molar-refractivity contribution >= 4 is 5.91 Å². The molecule has 2 N–H and O–H groups in total. The zero-order valence-electron chi connectivity index (χ0n) is 12.4. The molecule has 0 bridgehead atoms. The van der Waals surface area contributed by atoms with Crippen LogP contribution in [0.1, 0.15) is 24.1 Å². The number of carbonyl (C=O) groups excluding carboxylic acids is 1. The predicted octanol–water partition coefficient (Wildman–Crippen LogP) is 1.73. The van der Waals surface area contributed by atoms with Gasteiger partial charge in [-0.1, -0.05) is 12.1 Å². The molecule has 1 unspecified atom stereocenters. The summed E-state index contributed by atoms with van der Waals surface area (Å²) >= 11 is 0. The third-order valence-corrected chi connectivity index (χ3v) is 4.29. The fourth-order valence-corrected chi connectivity index (χ4v) is 3.17. The van der Waals surface area contributed by atoms with Gasteiger partial charge in [-0.05, 0) is 25.5 Å². The van der Waals surface area contributed by atoms with Gasteiger partial charge in [-0.3, -0.25) is 19.7 Å². The first-order valence-corrected chi connectivity index (χ1v) is 7.30. The summed E-state index contributed by atoms with van der Waals surface area (Å²) in [5, 5.41) is 0. The van der Waals surface area contributed by atoms with Crippen LogP contribution in [0.2, 0.25) is 0 Å². The molecule has 0 spiro atoms. The minimum Gasteiger partial charge on any atom is -0.368 e. The van der Waals surface area contributed by atoms with Crippen LogP contribution in [0.4, 0.5) is 8.78 Å². The van der Waals surface area contributed by atoms with Crippen LogP contribution in [-0.4, -0.2) is 27.3 Å². The standard InChI is InChI=1S/C16H16F2N4O/c17-12-4-1-3-11(14(12)18)10-22-8-2-5-16(22,15(19)23)13-9-20-6-7-21-13/h1,3-4,6-7,9H,2,5,8,10H2,(H2,19,23). The van der Waals surface area contributed by atoms with Crippen LogP contribution in [0.25, 0.3) is 0 Å². The summed E-state index contributed by atoms with van der Waals surface area (Å²) in [6, 6.07) is 4.00. The number of hydrogen-bond donors (Lipinski definition) is 1. The van der Waals surface area contributed by atoms with Crippen molar-refractivity contribution in [3.63, 3.8) is 0 Å². The summed E-state index contributed by atoms with van der Waals surface area (Å²) in [6.07, 6.45) is 5.66. The van der Waals surface area contributed by atoms with E-state index in [9.17, 15) is 13.6 Å². The molecule has 0 aliphatic carbocycles. The Kier molecular flexibility index (Phi) is 4.04. The van der Waals surface area contributed by atoms with Crippen molar-refractivity contribution in [2.24, 2.45) is 5.73 Å². The lowest BCUT2D eigenvalue weighted by Gasteiger charge is -2.35. The zero-order valence-corrected chi connectivity index (χ0v) is 12.4. The van der Waals surface area contributed by atoms with Crippen LogP contribution in [0.15, 0.2) is 36.8 Å². The number of hydrogen-bond acceptors (Lipinski definition) is 4. The predicted molar refractivity (Wildman–Crippen MR) is 78.9 cm³/mol. The summed E-state index contributed by atoms with van der Waals surface area (Å²) in [4.78, 5) is 22.2. The van der Waals surface area contributed by atoms with E-state index in [1.54, 1.807) is 4.90 Å². The number of nitrogens with zero attached hydrogens (tertiary/aromatic N) is 3. The summed E-state index contributed by atoms with van der Waals surface area (Å²) in [5.41, 5.74) is 5.13. The Hall–Kier alpha value is -2.41. The van der Waals surface area contributed by atoms with Gasteiger partial charge in [-0.25, -0.2) is 8.78 Å². The molecule has 5 nitrogen and oxygen atoms in total. The average molecular weight is 318 g/mol. The number of halogens is 2. The number of nitrogens with two attached hydrogens (primary N) is 1. The number of rotatable bonds is 4. The molecule has 7 heteroatoms. The monoisotopic (exact) mass is 318 g/mol. The number of likely N-dealkylation sites (tertiary alicyclic amines) is 1. The van der Waals surface area contributed by atoms with Crippen LogP contribution >= 0.6 is 0 Å². The summed E-state index contributed by atoms with van der Waals surface area (Å²) < 4.78 is 27.4. The van der Waals surface area contributed by atoms with Crippen molar-refractivity contribution in [1.82, 2.24) is 14.9 Å². The van der Waals surface area contributed by atoms with Gasteiger partial charge < -0.3 is 5.73 Å². The molecule has 3 rings (SSSR count). The second-order valence-electron chi connectivity index (χ2n) is 5.55. The van der Waals surface area contributed by atoms with E-state index in [0.717, 1.165) is 6.07 Å².